The van der Waals surface area contributed by atoms with Crippen LogP contribution in [0.25, 0.3) is 0 Å². The lowest BCUT2D eigenvalue weighted by molar-refractivity contribution is -0.136. The van der Waals surface area contributed by atoms with Crippen molar-refractivity contribution in [3.63, 3.8) is 0 Å². The second kappa shape index (κ2) is 6.58. The van der Waals surface area contributed by atoms with Crippen LogP contribution in [0.15, 0.2) is 36.1 Å². The van der Waals surface area contributed by atoms with Crippen molar-refractivity contribution in [3.05, 3.63) is 36.1 Å². The molecular formula is C13H16O4. The van der Waals surface area contributed by atoms with Crippen LogP contribution in [0.2, 0.25) is 0 Å². The first kappa shape index (κ1) is 13.1. The van der Waals surface area contributed by atoms with E-state index in [4.69, 9.17) is 9.47 Å². The molecule has 17 heavy (non-hydrogen) atoms. The molecule has 0 unspecified atom stereocenters. The van der Waals surface area contributed by atoms with Gasteiger partial charge >= 0.3 is 5.97 Å². The van der Waals surface area contributed by atoms with Gasteiger partial charge in [-0.05, 0) is 30.7 Å². The zero-order valence-corrected chi connectivity index (χ0v) is 10.2. The lowest BCUT2D eigenvalue weighted by Crippen LogP contribution is -2.05. The number of benzene rings is 1. The lowest BCUT2D eigenvalue weighted by atomic mass is 10.2. The van der Waals surface area contributed by atoms with E-state index in [2.05, 4.69) is 4.74 Å². The smallest absolute Gasteiger partial charge is 0.336 e. The third kappa shape index (κ3) is 3.83. The van der Waals surface area contributed by atoms with Crippen LogP contribution in [0, 0.1) is 0 Å². The van der Waals surface area contributed by atoms with Gasteiger partial charge in [0.05, 0.1) is 19.8 Å². The predicted octanol–water partition coefficient (Wildman–Crippen LogP) is 2.54. The highest BCUT2D eigenvalue weighted by molar-refractivity contribution is 5.87. The van der Waals surface area contributed by atoms with Crippen molar-refractivity contribution in [3.8, 4) is 11.5 Å². The second-order valence-corrected chi connectivity index (χ2v) is 3.28. The summed E-state index contributed by atoms with van der Waals surface area (Å²) in [5, 5.41) is 0. The zero-order chi connectivity index (χ0) is 12.7. The minimum atomic E-state index is -0.374. The van der Waals surface area contributed by atoms with Gasteiger partial charge in [-0.2, -0.15) is 0 Å². The third-order valence-corrected chi connectivity index (χ3v) is 2.23. The van der Waals surface area contributed by atoms with Crippen LogP contribution in [0.3, 0.4) is 0 Å². The van der Waals surface area contributed by atoms with Crippen LogP contribution in [0.1, 0.15) is 13.3 Å². The fourth-order valence-electron chi connectivity index (χ4n) is 1.20. The molecule has 0 N–H and O–H groups in total. The first-order chi connectivity index (χ1) is 8.21. The van der Waals surface area contributed by atoms with E-state index in [1.54, 1.807) is 31.4 Å². The zero-order valence-electron chi connectivity index (χ0n) is 10.2. The first-order valence-electron chi connectivity index (χ1n) is 5.29. The van der Waals surface area contributed by atoms with Gasteiger partial charge in [-0.25, -0.2) is 4.79 Å². The molecule has 0 saturated carbocycles. The number of methoxy groups -OCH3 is 2. The second-order valence-electron chi connectivity index (χ2n) is 3.28. The highest BCUT2D eigenvalue weighted by Gasteiger charge is 2.07. The summed E-state index contributed by atoms with van der Waals surface area (Å²) < 4.78 is 15.0. The normalized spacial score (nSPS) is 10.9. The van der Waals surface area contributed by atoms with Crippen LogP contribution in [-0.4, -0.2) is 20.2 Å². The number of ether oxygens (including phenoxy) is 3. The van der Waals surface area contributed by atoms with E-state index in [1.165, 1.54) is 13.4 Å². The summed E-state index contributed by atoms with van der Waals surface area (Å²) in [4.78, 5) is 11.3. The molecule has 0 heterocycles. The summed E-state index contributed by atoms with van der Waals surface area (Å²) in [6.07, 6.45) is 1.97. The van der Waals surface area contributed by atoms with E-state index in [-0.39, 0.29) is 5.97 Å². The van der Waals surface area contributed by atoms with Crippen LogP contribution in [0.4, 0.5) is 0 Å². The number of hydrogen-bond donors (Lipinski definition) is 0. The Morgan fingerprint density at radius 3 is 2.24 bits per heavy atom. The fourth-order valence-corrected chi connectivity index (χ4v) is 1.20. The van der Waals surface area contributed by atoms with Crippen LogP contribution in [-0.2, 0) is 9.53 Å². The monoisotopic (exact) mass is 236 g/mol. The summed E-state index contributed by atoms with van der Waals surface area (Å²) in [6, 6.07) is 7.10. The minimum absolute atomic E-state index is 0.374. The number of esters is 1. The molecule has 0 aliphatic carbocycles. The molecule has 0 aliphatic rings. The Labute approximate surface area is 101 Å². The maximum atomic E-state index is 11.3. The highest BCUT2D eigenvalue weighted by Crippen LogP contribution is 2.18. The lowest BCUT2D eigenvalue weighted by Gasteiger charge is -2.05. The van der Waals surface area contributed by atoms with Gasteiger partial charge in [0.25, 0.3) is 0 Å². The van der Waals surface area contributed by atoms with Gasteiger partial charge in [-0.1, -0.05) is 6.92 Å². The topological polar surface area (TPSA) is 44.8 Å². The fraction of sp³-hybridized carbons (Fsp3) is 0.308. The van der Waals surface area contributed by atoms with E-state index in [0.717, 1.165) is 5.75 Å². The molecule has 0 spiro atoms. The quantitative estimate of drug-likeness (QED) is 0.447. The van der Waals surface area contributed by atoms with Crippen molar-refractivity contribution < 1.29 is 19.0 Å². The van der Waals surface area contributed by atoms with Gasteiger partial charge < -0.3 is 14.2 Å². The van der Waals surface area contributed by atoms with E-state index in [9.17, 15) is 4.79 Å². The molecule has 0 amide bonds. The molecule has 0 radical (unpaired) electrons. The number of hydrogen-bond acceptors (Lipinski definition) is 4. The van der Waals surface area contributed by atoms with Crippen LogP contribution in [0.5, 0.6) is 11.5 Å². The molecule has 1 aromatic rings. The van der Waals surface area contributed by atoms with Gasteiger partial charge in [0.15, 0.2) is 0 Å². The van der Waals surface area contributed by atoms with Crippen molar-refractivity contribution in [1.29, 1.82) is 0 Å². The van der Waals surface area contributed by atoms with Gasteiger partial charge in [0.1, 0.15) is 17.8 Å². The number of carbonyl (C=O) groups excluding carboxylic acids is 1. The third-order valence-electron chi connectivity index (χ3n) is 2.23. The molecular weight excluding hydrogens is 220 g/mol. The van der Waals surface area contributed by atoms with Crippen molar-refractivity contribution in [2.75, 3.05) is 14.2 Å². The van der Waals surface area contributed by atoms with E-state index in [1.807, 2.05) is 6.92 Å². The largest absolute Gasteiger partial charge is 0.497 e. The average Bonchev–Trinajstić information content (AvgIpc) is 2.39. The van der Waals surface area contributed by atoms with E-state index >= 15 is 0 Å². The Hall–Kier alpha value is -1.97. The molecule has 0 fully saturated rings. The summed E-state index contributed by atoms with van der Waals surface area (Å²) in [5.41, 5.74) is 0.489. The van der Waals surface area contributed by atoms with Crippen molar-refractivity contribution in [1.82, 2.24) is 0 Å². The molecule has 1 aromatic carbocycles. The Bertz CT molecular complexity index is 392. The van der Waals surface area contributed by atoms with Gasteiger partial charge in [0.2, 0.25) is 0 Å². The summed E-state index contributed by atoms with van der Waals surface area (Å²) in [7, 11) is 2.95. The molecule has 4 heteroatoms. The molecule has 1 rings (SSSR count). The first-order valence-corrected chi connectivity index (χ1v) is 5.29. The predicted molar refractivity (Wildman–Crippen MR) is 64.0 cm³/mol. The molecule has 0 atom stereocenters. The van der Waals surface area contributed by atoms with Gasteiger partial charge in [-0.3, -0.25) is 0 Å². The highest BCUT2D eigenvalue weighted by atomic mass is 16.5. The van der Waals surface area contributed by atoms with Crippen LogP contribution < -0.4 is 9.47 Å². The number of rotatable bonds is 5. The standard InChI is InChI=1S/C13H16O4/c1-4-10(13(14)16-3)9-17-12-7-5-11(15-2)6-8-12/h5-9H,4H2,1-3H3. The summed E-state index contributed by atoms with van der Waals surface area (Å²) in [6.45, 7) is 1.86. The Morgan fingerprint density at radius 2 is 1.76 bits per heavy atom. The molecule has 0 saturated heterocycles. The van der Waals surface area contributed by atoms with Crippen molar-refractivity contribution in [2.24, 2.45) is 0 Å². The molecule has 0 bridgehead atoms. The van der Waals surface area contributed by atoms with Crippen LogP contribution >= 0.6 is 0 Å². The molecule has 0 aliphatic heterocycles. The van der Waals surface area contributed by atoms with Crippen molar-refractivity contribution in [2.45, 2.75) is 13.3 Å². The maximum absolute atomic E-state index is 11.3. The molecule has 0 aromatic heterocycles. The van der Waals surface area contributed by atoms with E-state index in [0.29, 0.717) is 17.7 Å². The summed E-state index contributed by atoms with van der Waals surface area (Å²) >= 11 is 0. The Kier molecular flexibility index (Phi) is 5.07. The van der Waals surface area contributed by atoms with Gasteiger partial charge in [0, 0.05) is 0 Å². The minimum Gasteiger partial charge on any atom is -0.497 e. The number of carbonyl (C=O) groups is 1. The Morgan fingerprint density at radius 1 is 1.18 bits per heavy atom. The SMILES string of the molecule is CCC(=COc1ccc(OC)cc1)C(=O)OC. The van der Waals surface area contributed by atoms with Crippen molar-refractivity contribution >= 4 is 5.97 Å². The summed E-state index contributed by atoms with van der Waals surface area (Å²) in [5.74, 6) is 1.02. The molecule has 4 nitrogen and oxygen atoms in total. The average molecular weight is 236 g/mol. The van der Waals surface area contributed by atoms with E-state index < -0.39 is 0 Å². The Balaban J connectivity index is 2.69. The maximum Gasteiger partial charge on any atom is 0.336 e. The molecule has 92 valence electrons. The van der Waals surface area contributed by atoms with Gasteiger partial charge in [-0.15, -0.1) is 0 Å².